The van der Waals surface area contributed by atoms with Gasteiger partial charge in [-0.2, -0.15) is 18.3 Å². The Labute approximate surface area is 232 Å². The lowest BCUT2D eigenvalue weighted by atomic mass is 9.75. The molecule has 212 valence electrons. The fourth-order valence-corrected chi connectivity index (χ4v) is 6.52. The van der Waals surface area contributed by atoms with Crippen molar-refractivity contribution >= 4 is 38.9 Å². The van der Waals surface area contributed by atoms with E-state index in [9.17, 15) is 26.4 Å². The van der Waals surface area contributed by atoms with Gasteiger partial charge in [-0.3, -0.25) is 9.48 Å². The Bertz CT molecular complexity index is 1300. The van der Waals surface area contributed by atoms with E-state index in [0.29, 0.717) is 55.6 Å². The van der Waals surface area contributed by atoms with E-state index in [0.717, 1.165) is 13.8 Å². The molecule has 6 nitrogen and oxygen atoms in total. The molecule has 1 heterocycles. The van der Waals surface area contributed by atoms with Gasteiger partial charge in [-0.25, -0.2) is 8.42 Å². The number of rotatable bonds is 8. The van der Waals surface area contributed by atoms with E-state index in [4.69, 9.17) is 23.2 Å². The number of carbonyl (C=O) groups is 1. The Balaban J connectivity index is 1.79. The normalized spacial score (nSPS) is 20.9. The minimum absolute atomic E-state index is 0.0234. The van der Waals surface area contributed by atoms with E-state index in [1.165, 1.54) is 17.0 Å². The van der Waals surface area contributed by atoms with E-state index < -0.39 is 27.3 Å². The molecule has 0 atom stereocenters. The van der Waals surface area contributed by atoms with Crippen LogP contribution in [0, 0.1) is 10.8 Å². The van der Waals surface area contributed by atoms with Crippen LogP contribution in [0.4, 0.5) is 13.2 Å². The van der Waals surface area contributed by atoms with E-state index in [1.54, 1.807) is 12.1 Å². The van der Waals surface area contributed by atoms with Crippen LogP contribution in [0.2, 0.25) is 10.0 Å². The average Bonchev–Trinajstić information content (AvgIpc) is 3.12. The van der Waals surface area contributed by atoms with E-state index in [2.05, 4.69) is 10.4 Å². The second-order valence-corrected chi connectivity index (χ2v) is 14.3. The summed E-state index contributed by atoms with van der Waals surface area (Å²) >= 11 is 13.1. The first-order valence-corrected chi connectivity index (χ1v) is 15.2. The van der Waals surface area contributed by atoms with Crippen molar-refractivity contribution in [2.45, 2.75) is 77.8 Å². The summed E-state index contributed by atoms with van der Waals surface area (Å²) < 4.78 is 65.3. The van der Waals surface area contributed by atoms with Crippen LogP contribution in [0.25, 0.3) is 11.3 Å². The number of hydrogen-bond donors (Lipinski definition) is 1. The first kappa shape index (κ1) is 30.8. The van der Waals surface area contributed by atoms with Gasteiger partial charge in [-0.1, -0.05) is 56.1 Å². The summed E-state index contributed by atoms with van der Waals surface area (Å²) in [6.07, 6.45) is -0.913. The molecule has 1 aromatic carbocycles. The second-order valence-electron chi connectivity index (χ2n) is 11.2. The molecule has 0 aliphatic heterocycles. The van der Waals surface area contributed by atoms with Crippen LogP contribution in [-0.2, 0) is 22.8 Å². The van der Waals surface area contributed by atoms with Crippen LogP contribution in [0.5, 0.6) is 0 Å². The van der Waals surface area contributed by atoms with E-state index in [-0.39, 0.29) is 32.8 Å². The number of alkyl halides is 3. The van der Waals surface area contributed by atoms with Crippen LogP contribution in [0.1, 0.15) is 69.4 Å². The quantitative estimate of drug-likeness (QED) is 0.367. The van der Waals surface area contributed by atoms with Crippen molar-refractivity contribution in [2.75, 3.05) is 12.8 Å². The molecule has 1 aliphatic rings. The number of aryl methyl sites for hydroxylation is 1. The molecular weight excluding hydrogens is 562 g/mol. The SMILES string of the molecule is CCn1nc(C(=O)NCC2(C)CCC(S(C)(=O)=O)CC2)c(Cl)c1-c1ccc(CC(C)(C)C(F)(F)F)cc1Cl. The Kier molecular flexibility index (Phi) is 8.91. The van der Waals surface area contributed by atoms with Crippen molar-refractivity contribution in [3.63, 3.8) is 0 Å². The standard InChI is InChI=1S/C26H34Cl2F3N3O3S/c1-6-34-22(18-8-7-16(13-19(18)27)14-24(2,3)26(29,30)31)20(28)21(33-34)23(35)32-15-25(4)11-9-17(10-12-25)38(5,36)37/h7-8,13,17H,6,9-12,14-15H2,1-5H3,(H,32,35). The molecule has 1 amide bonds. The maximum absolute atomic E-state index is 13.3. The summed E-state index contributed by atoms with van der Waals surface area (Å²) in [5, 5.41) is 7.23. The highest BCUT2D eigenvalue weighted by atomic mass is 35.5. The number of nitrogens with one attached hydrogen (secondary N) is 1. The maximum Gasteiger partial charge on any atom is 0.394 e. The summed E-state index contributed by atoms with van der Waals surface area (Å²) in [6.45, 7) is 6.85. The smallest absolute Gasteiger partial charge is 0.350 e. The zero-order valence-corrected chi connectivity index (χ0v) is 24.5. The summed E-state index contributed by atoms with van der Waals surface area (Å²) in [4.78, 5) is 13.1. The third kappa shape index (κ3) is 6.67. The van der Waals surface area contributed by atoms with Gasteiger partial charge in [0.1, 0.15) is 9.84 Å². The number of sulfone groups is 1. The summed E-state index contributed by atoms with van der Waals surface area (Å²) in [5.74, 6) is -0.463. The van der Waals surface area contributed by atoms with Gasteiger partial charge in [0, 0.05) is 24.9 Å². The number of nitrogens with zero attached hydrogens (tertiary/aromatic N) is 2. The van der Waals surface area contributed by atoms with Crippen LogP contribution in [0.15, 0.2) is 18.2 Å². The number of benzene rings is 1. The fraction of sp³-hybridized carbons (Fsp3) is 0.615. The van der Waals surface area contributed by atoms with Crippen molar-refractivity contribution in [1.82, 2.24) is 15.1 Å². The molecule has 2 aromatic rings. The molecule has 1 fully saturated rings. The van der Waals surface area contributed by atoms with Crippen molar-refractivity contribution in [1.29, 1.82) is 0 Å². The van der Waals surface area contributed by atoms with Crippen molar-refractivity contribution in [3.05, 3.63) is 39.5 Å². The third-order valence-electron chi connectivity index (χ3n) is 7.53. The average molecular weight is 597 g/mol. The van der Waals surface area contributed by atoms with Gasteiger partial charge in [0.2, 0.25) is 0 Å². The van der Waals surface area contributed by atoms with Crippen LogP contribution in [0.3, 0.4) is 0 Å². The minimum Gasteiger partial charge on any atom is -0.350 e. The highest BCUT2D eigenvalue weighted by molar-refractivity contribution is 7.91. The zero-order valence-electron chi connectivity index (χ0n) is 22.2. The van der Waals surface area contributed by atoms with Crippen molar-refractivity contribution in [3.8, 4) is 11.3 Å². The molecule has 1 aliphatic carbocycles. The number of halogens is 5. The Hall–Kier alpha value is -1.78. The van der Waals surface area contributed by atoms with Gasteiger partial charge in [0.15, 0.2) is 5.69 Å². The molecule has 38 heavy (non-hydrogen) atoms. The highest BCUT2D eigenvalue weighted by Gasteiger charge is 2.47. The molecule has 0 saturated heterocycles. The predicted molar refractivity (Wildman–Crippen MR) is 144 cm³/mol. The Morgan fingerprint density at radius 1 is 1.21 bits per heavy atom. The van der Waals surface area contributed by atoms with Gasteiger partial charge in [-0.15, -0.1) is 0 Å². The molecule has 1 aromatic heterocycles. The maximum atomic E-state index is 13.3. The number of hydrogen-bond acceptors (Lipinski definition) is 4. The molecule has 1 saturated carbocycles. The highest BCUT2D eigenvalue weighted by Crippen LogP contribution is 2.42. The number of aromatic nitrogens is 2. The molecule has 0 radical (unpaired) electrons. The molecular formula is C26H34Cl2F3N3O3S. The topological polar surface area (TPSA) is 81.1 Å². The van der Waals surface area contributed by atoms with Crippen LogP contribution < -0.4 is 5.32 Å². The largest absolute Gasteiger partial charge is 0.394 e. The van der Waals surface area contributed by atoms with Gasteiger partial charge >= 0.3 is 6.18 Å². The van der Waals surface area contributed by atoms with Crippen LogP contribution >= 0.6 is 23.2 Å². The lowest BCUT2D eigenvalue weighted by molar-refractivity contribution is -0.211. The van der Waals surface area contributed by atoms with E-state index >= 15 is 0 Å². The van der Waals surface area contributed by atoms with E-state index in [1.807, 2.05) is 13.8 Å². The van der Waals surface area contributed by atoms with Crippen molar-refractivity contribution in [2.24, 2.45) is 10.8 Å². The van der Waals surface area contributed by atoms with Gasteiger partial charge in [0.25, 0.3) is 5.91 Å². The first-order chi connectivity index (χ1) is 17.4. The molecule has 0 unspecified atom stereocenters. The lowest BCUT2D eigenvalue weighted by Gasteiger charge is -2.36. The van der Waals surface area contributed by atoms with Gasteiger partial charge in [-0.05, 0) is 56.1 Å². The first-order valence-electron chi connectivity index (χ1n) is 12.5. The number of carbonyl (C=O) groups excluding carboxylic acids is 1. The second kappa shape index (κ2) is 11.0. The summed E-state index contributed by atoms with van der Waals surface area (Å²) in [6, 6.07) is 4.66. The molecule has 1 N–H and O–H groups in total. The summed E-state index contributed by atoms with van der Waals surface area (Å²) in [7, 11) is -3.09. The molecule has 0 spiro atoms. The van der Waals surface area contributed by atoms with Crippen LogP contribution in [-0.4, -0.2) is 48.3 Å². The predicted octanol–water partition coefficient (Wildman–Crippen LogP) is 6.73. The minimum atomic E-state index is -4.37. The molecule has 0 bridgehead atoms. The van der Waals surface area contributed by atoms with Crippen molar-refractivity contribution < 1.29 is 26.4 Å². The Morgan fingerprint density at radius 3 is 2.32 bits per heavy atom. The molecule has 12 heteroatoms. The third-order valence-corrected chi connectivity index (χ3v) is 9.89. The zero-order chi connectivity index (χ0) is 28.7. The Morgan fingerprint density at radius 2 is 1.82 bits per heavy atom. The fourth-order valence-electron chi connectivity index (χ4n) is 4.81. The van der Waals surface area contributed by atoms with Gasteiger partial charge in [0.05, 0.1) is 26.4 Å². The molecule has 3 rings (SSSR count). The lowest BCUT2D eigenvalue weighted by Crippen LogP contribution is -2.40. The summed E-state index contributed by atoms with van der Waals surface area (Å²) in [5.41, 5.74) is -0.850. The number of amides is 1. The monoisotopic (exact) mass is 595 g/mol. The van der Waals surface area contributed by atoms with Gasteiger partial charge < -0.3 is 5.32 Å².